The second-order valence-corrected chi connectivity index (χ2v) is 3.01. The highest BCUT2D eigenvalue weighted by molar-refractivity contribution is 5.78. The topological polar surface area (TPSA) is 34.9 Å². The van der Waals surface area contributed by atoms with E-state index in [4.69, 9.17) is 0 Å². The van der Waals surface area contributed by atoms with E-state index in [-0.39, 0.29) is 22.6 Å². The highest BCUT2D eigenvalue weighted by atomic mass is 19.4. The summed E-state index contributed by atoms with van der Waals surface area (Å²) in [5.41, 5.74) is 0.280. The molecule has 0 radical (unpaired) electrons. The van der Waals surface area contributed by atoms with Gasteiger partial charge >= 0.3 is 6.30 Å². The molecular formula is C8H9F3N2O. The minimum Gasteiger partial charge on any atom is -0.300 e. The van der Waals surface area contributed by atoms with E-state index in [1.807, 2.05) is 0 Å². The first-order valence-corrected chi connectivity index (χ1v) is 3.92. The van der Waals surface area contributed by atoms with Gasteiger partial charge in [0.2, 0.25) is 0 Å². The predicted molar refractivity (Wildman–Crippen MR) is 42.6 cm³/mol. The summed E-state index contributed by atoms with van der Waals surface area (Å²) in [6.45, 7) is 2.61. The fourth-order valence-corrected chi connectivity index (χ4v) is 1.14. The molecule has 78 valence electrons. The number of rotatable bonds is 2. The van der Waals surface area contributed by atoms with Gasteiger partial charge in [0.25, 0.3) is 0 Å². The van der Waals surface area contributed by atoms with Crippen molar-refractivity contribution in [1.82, 2.24) is 9.78 Å². The van der Waals surface area contributed by atoms with Gasteiger partial charge in [-0.2, -0.15) is 9.78 Å². The number of halogens is 3. The third-order valence-electron chi connectivity index (χ3n) is 1.79. The maximum Gasteiger partial charge on any atom is 0.504 e. The highest BCUT2D eigenvalue weighted by Gasteiger charge is 2.33. The first-order valence-electron chi connectivity index (χ1n) is 3.92. The highest BCUT2D eigenvalue weighted by Crippen LogP contribution is 2.24. The number of aromatic nitrogens is 2. The zero-order valence-corrected chi connectivity index (χ0v) is 7.72. The summed E-state index contributed by atoms with van der Waals surface area (Å²) in [4.78, 5) is 10.7. The molecule has 0 aliphatic heterocycles. The van der Waals surface area contributed by atoms with Crippen molar-refractivity contribution in [1.29, 1.82) is 0 Å². The van der Waals surface area contributed by atoms with Gasteiger partial charge in [0.05, 0.1) is 6.20 Å². The minimum atomic E-state index is -4.51. The third-order valence-corrected chi connectivity index (χ3v) is 1.79. The molecule has 0 amide bonds. The Morgan fingerprint density at radius 1 is 1.57 bits per heavy atom. The zero-order chi connectivity index (χ0) is 10.9. The standard InChI is InChI=1S/C8H9F3N2O/c1-5(14)3-7-4-12-13(6(7)2)8(9,10)11/h4H,3H2,1-2H3. The van der Waals surface area contributed by atoms with Gasteiger partial charge in [0.15, 0.2) is 0 Å². The molecule has 0 N–H and O–H groups in total. The number of carbonyl (C=O) groups excluding carboxylic acids is 1. The van der Waals surface area contributed by atoms with Gasteiger partial charge in [-0.3, -0.25) is 4.79 Å². The molecule has 0 fully saturated rings. The first-order chi connectivity index (χ1) is 6.32. The van der Waals surface area contributed by atoms with E-state index >= 15 is 0 Å². The molecule has 0 atom stereocenters. The van der Waals surface area contributed by atoms with Crippen LogP contribution in [0.3, 0.4) is 0 Å². The van der Waals surface area contributed by atoms with E-state index < -0.39 is 6.30 Å². The van der Waals surface area contributed by atoms with Gasteiger partial charge in [0, 0.05) is 17.7 Å². The van der Waals surface area contributed by atoms with Gasteiger partial charge < -0.3 is 0 Å². The third kappa shape index (κ3) is 2.12. The lowest BCUT2D eigenvalue weighted by Gasteiger charge is -2.08. The SMILES string of the molecule is CC(=O)Cc1cnn(C(F)(F)F)c1C. The van der Waals surface area contributed by atoms with Crippen LogP contribution in [0.2, 0.25) is 0 Å². The van der Waals surface area contributed by atoms with Crippen molar-refractivity contribution in [3.05, 3.63) is 17.5 Å². The molecule has 14 heavy (non-hydrogen) atoms. The van der Waals surface area contributed by atoms with E-state index in [1.165, 1.54) is 13.8 Å². The van der Waals surface area contributed by atoms with Crippen LogP contribution >= 0.6 is 0 Å². The molecule has 0 aromatic carbocycles. The number of Topliss-reactive ketones (excluding diaryl/α,β-unsaturated/α-hetero) is 1. The van der Waals surface area contributed by atoms with Crippen molar-refractivity contribution in [2.24, 2.45) is 0 Å². The molecule has 1 rings (SSSR count). The Morgan fingerprint density at radius 2 is 2.14 bits per heavy atom. The Balaban J connectivity index is 3.03. The first kappa shape index (κ1) is 10.7. The lowest BCUT2D eigenvalue weighted by Crippen LogP contribution is -2.19. The molecule has 1 heterocycles. The molecule has 0 unspecified atom stereocenters. The fourth-order valence-electron chi connectivity index (χ4n) is 1.14. The number of nitrogens with zero attached hydrogens (tertiary/aromatic N) is 2. The van der Waals surface area contributed by atoms with Crippen molar-refractivity contribution in [3.8, 4) is 0 Å². The molecule has 0 aliphatic rings. The number of hydrogen-bond acceptors (Lipinski definition) is 2. The number of carbonyl (C=O) groups is 1. The van der Waals surface area contributed by atoms with E-state index in [1.54, 1.807) is 0 Å². The van der Waals surface area contributed by atoms with Crippen molar-refractivity contribution in [2.75, 3.05) is 0 Å². The van der Waals surface area contributed by atoms with Gasteiger partial charge in [-0.05, 0) is 13.8 Å². The Bertz CT molecular complexity index is 354. The van der Waals surface area contributed by atoms with Crippen molar-refractivity contribution < 1.29 is 18.0 Å². The fraction of sp³-hybridized carbons (Fsp3) is 0.500. The summed E-state index contributed by atoms with van der Waals surface area (Å²) < 4.78 is 36.6. The summed E-state index contributed by atoms with van der Waals surface area (Å²) in [7, 11) is 0. The molecule has 6 heteroatoms. The lowest BCUT2D eigenvalue weighted by molar-refractivity contribution is -0.213. The van der Waals surface area contributed by atoms with Crippen LogP contribution in [0.15, 0.2) is 6.20 Å². The molecule has 0 aliphatic carbocycles. The smallest absolute Gasteiger partial charge is 0.300 e. The number of ketones is 1. The van der Waals surface area contributed by atoms with E-state index in [2.05, 4.69) is 5.10 Å². The van der Waals surface area contributed by atoms with Crippen LogP contribution in [0.5, 0.6) is 0 Å². The van der Waals surface area contributed by atoms with E-state index in [0.29, 0.717) is 5.56 Å². The van der Waals surface area contributed by atoms with Crippen LogP contribution in [0, 0.1) is 6.92 Å². The van der Waals surface area contributed by atoms with Gasteiger partial charge in [0.1, 0.15) is 5.78 Å². The zero-order valence-electron chi connectivity index (χ0n) is 7.72. The second-order valence-electron chi connectivity index (χ2n) is 3.01. The van der Waals surface area contributed by atoms with Crippen LogP contribution < -0.4 is 0 Å². The Kier molecular flexibility index (Phi) is 2.64. The summed E-state index contributed by atoms with van der Waals surface area (Å²) in [6.07, 6.45) is -3.45. The molecule has 3 nitrogen and oxygen atoms in total. The lowest BCUT2D eigenvalue weighted by atomic mass is 10.1. The largest absolute Gasteiger partial charge is 0.504 e. The van der Waals surface area contributed by atoms with Crippen molar-refractivity contribution in [2.45, 2.75) is 26.6 Å². The average Bonchev–Trinajstić information content (AvgIpc) is 2.30. The number of alkyl halides is 3. The monoisotopic (exact) mass is 206 g/mol. The Morgan fingerprint density at radius 3 is 2.50 bits per heavy atom. The molecule has 0 spiro atoms. The van der Waals surface area contributed by atoms with Crippen LogP contribution in [0.4, 0.5) is 13.2 Å². The Labute approximate surface area is 78.5 Å². The molecule has 0 saturated carbocycles. The molecule has 0 saturated heterocycles. The maximum absolute atomic E-state index is 12.2. The molecule has 1 aromatic heterocycles. The molecular weight excluding hydrogens is 197 g/mol. The molecule has 0 bridgehead atoms. The van der Waals surface area contributed by atoms with Crippen LogP contribution in [-0.4, -0.2) is 15.6 Å². The molecule has 1 aromatic rings. The normalized spacial score (nSPS) is 11.8. The average molecular weight is 206 g/mol. The summed E-state index contributed by atoms with van der Waals surface area (Å²) in [5.74, 6) is -0.185. The maximum atomic E-state index is 12.2. The van der Waals surface area contributed by atoms with Crippen LogP contribution in [0.25, 0.3) is 0 Å². The Hall–Kier alpha value is -1.33. The number of hydrogen-bond donors (Lipinski definition) is 0. The van der Waals surface area contributed by atoms with Crippen molar-refractivity contribution in [3.63, 3.8) is 0 Å². The van der Waals surface area contributed by atoms with Gasteiger partial charge in [-0.1, -0.05) is 0 Å². The minimum absolute atomic E-state index is 0.0120. The van der Waals surface area contributed by atoms with Crippen LogP contribution in [0.1, 0.15) is 18.2 Å². The van der Waals surface area contributed by atoms with E-state index in [0.717, 1.165) is 6.20 Å². The van der Waals surface area contributed by atoms with Gasteiger partial charge in [-0.25, -0.2) is 0 Å². The van der Waals surface area contributed by atoms with Crippen LogP contribution in [-0.2, 0) is 17.5 Å². The quantitative estimate of drug-likeness (QED) is 0.739. The summed E-state index contributed by atoms with van der Waals surface area (Å²) in [5, 5.41) is 3.18. The predicted octanol–water partition coefficient (Wildman–Crippen LogP) is 1.80. The van der Waals surface area contributed by atoms with Gasteiger partial charge in [-0.15, -0.1) is 13.2 Å². The van der Waals surface area contributed by atoms with Crippen molar-refractivity contribution >= 4 is 5.78 Å². The summed E-state index contributed by atoms with van der Waals surface area (Å²) >= 11 is 0. The van der Waals surface area contributed by atoms with E-state index in [9.17, 15) is 18.0 Å². The summed E-state index contributed by atoms with van der Waals surface area (Å²) in [6, 6.07) is 0. The second kappa shape index (κ2) is 3.43.